The summed E-state index contributed by atoms with van der Waals surface area (Å²) in [7, 11) is 0. The van der Waals surface area contributed by atoms with Crippen molar-refractivity contribution in [2.24, 2.45) is 0 Å². The van der Waals surface area contributed by atoms with Gasteiger partial charge in [0, 0.05) is 30.7 Å². The SMILES string of the molecule is CC1NCCN(C(=O)c2cc(F)c(F)c(F)c2)C1C. The number of carbonyl (C=O) groups is 1. The first kappa shape index (κ1) is 13.9. The number of nitrogens with zero attached hydrogens (tertiary/aromatic N) is 1. The van der Waals surface area contributed by atoms with Crippen LogP contribution in [0.3, 0.4) is 0 Å². The Hall–Kier alpha value is -1.56. The summed E-state index contributed by atoms with van der Waals surface area (Å²) >= 11 is 0. The molecule has 1 N–H and O–H groups in total. The number of amides is 1. The summed E-state index contributed by atoms with van der Waals surface area (Å²) in [5.41, 5.74) is -0.169. The van der Waals surface area contributed by atoms with Gasteiger partial charge in [-0.25, -0.2) is 13.2 Å². The van der Waals surface area contributed by atoms with Crippen LogP contribution in [0.15, 0.2) is 12.1 Å². The highest BCUT2D eigenvalue weighted by atomic mass is 19.2. The molecule has 0 spiro atoms. The average Bonchev–Trinajstić information content (AvgIpc) is 2.38. The summed E-state index contributed by atoms with van der Waals surface area (Å²) < 4.78 is 39.2. The van der Waals surface area contributed by atoms with Gasteiger partial charge in [0.25, 0.3) is 5.91 Å². The third kappa shape index (κ3) is 2.58. The van der Waals surface area contributed by atoms with Crippen molar-refractivity contribution in [3.8, 4) is 0 Å². The Labute approximate surface area is 109 Å². The van der Waals surface area contributed by atoms with E-state index in [2.05, 4.69) is 5.32 Å². The maximum atomic E-state index is 13.1. The lowest BCUT2D eigenvalue weighted by atomic mass is 10.1. The van der Waals surface area contributed by atoms with Crippen molar-refractivity contribution in [2.45, 2.75) is 25.9 Å². The molecule has 1 aliphatic heterocycles. The van der Waals surface area contributed by atoms with Gasteiger partial charge in [-0.3, -0.25) is 4.79 Å². The van der Waals surface area contributed by atoms with Crippen molar-refractivity contribution in [1.82, 2.24) is 10.2 Å². The smallest absolute Gasteiger partial charge is 0.254 e. The standard InChI is InChI=1S/C13H15F3N2O/c1-7-8(2)18(4-3-17-7)13(19)9-5-10(14)12(16)11(15)6-9/h5-8,17H,3-4H2,1-2H3. The van der Waals surface area contributed by atoms with Crippen LogP contribution in [0.2, 0.25) is 0 Å². The molecule has 1 fully saturated rings. The van der Waals surface area contributed by atoms with Crippen molar-refractivity contribution < 1.29 is 18.0 Å². The quantitative estimate of drug-likeness (QED) is 0.792. The van der Waals surface area contributed by atoms with Gasteiger partial charge in [0.2, 0.25) is 0 Å². The van der Waals surface area contributed by atoms with E-state index in [0.717, 1.165) is 12.1 Å². The van der Waals surface area contributed by atoms with Crippen LogP contribution in [-0.4, -0.2) is 36.0 Å². The van der Waals surface area contributed by atoms with Gasteiger partial charge >= 0.3 is 0 Å². The van der Waals surface area contributed by atoms with Crippen LogP contribution in [0.4, 0.5) is 13.2 Å². The molecule has 0 saturated carbocycles. The zero-order chi connectivity index (χ0) is 14.2. The van der Waals surface area contributed by atoms with Gasteiger partial charge < -0.3 is 10.2 Å². The summed E-state index contributed by atoms with van der Waals surface area (Å²) in [5.74, 6) is -4.74. The fourth-order valence-electron chi connectivity index (χ4n) is 2.19. The van der Waals surface area contributed by atoms with E-state index in [1.807, 2.05) is 13.8 Å². The van der Waals surface area contributed by atoms with Gasteiger partial charge in [-0.15, -0.1) is 0 Å². The van der Waals surface area contributed by atoms with E-state index in [0.29, 0.717) is 13.1 Å². The number of hydrogen-bond donors (Lipinski definition) is 1. The number of halogens is 3. The molecule has 6 heteroatoms. The topological polar surface area (TPSA) is 32.3 Å². The fraction of sp³-hybridized carbons (Fsp3) is 0.462. The Morgan fingerprint density at radius 3 is 2.42 bits per heavy atom. The highest BCUT2D eigenvalue weighted by Gasteiger charge is 2.29. The van der Waals surface area contributed by atoms with Crippen molar-refractivity contribution >= 4 is 5.91 Å². The van der Waals surface area contributed by atoms with Gasteiger partial charge in [-0.2, -0.15) is 0 Å². The van der Waals surface area contributed by atoms with Crippen molar-refractivity contribution in [3.63, 3.8) is 0 Å². The number of rotatable bonds is 1. The Kier molecular flexibility index (Phi) is 3.80. The van der Waals surface area contributed by atoms with E-state index in [1.165, 1.54) is 4.90 Å². The second-order valence-corrected chi connectivity index (χ2v) is 4.74. The monoisotopic (exact) mass is 272 g/mol. The molecule has 1 saturated heterocycles. The molecule has 1 heterocycles. The highest BCUT2D eigenvalue weighted by molar-refractivity contribution is 5.94. The van der Waals surface area contributed by atoms with Crippen molar-refractivity contribution in [1.29, 1.82) is 0 Å². The largest absolute Gasteiger partial charge is 0.333 e. The first-order valence-corrected chi connectivity index (χ1v) is 6.10. The van der Waals surface area contributed by atoms with Crippen LogP contribution in [0.5, 0.6) is 0 Å². The number of carbonyl (C=O) groups excluding carboxylic acids is 1. The van der Waals surface area contributed by atoms with E-state index in [1.54, 1.807) is 0 Å². The van der Waals surface area contributed by atoms with Gasteiger partial charge in [0.15, 0.2) is 17.5 Å². The third-order valence-corrected chi connectivity index (χ3v) is 3.53. The minimum absolute atomic E-state index is 0.0906. The normalized spacial score (nSPS) is 23.5. The van der Waals surface area contributed by atoms with Crippen LogP contribution in [0.25, 0.3) is 0 Å². The molecule has 2 rings (SSSR count). The molecule has 0 bridgehead atoms. The van der Waals surface area contributed by atoms with E-state index in [9.17, 15) is 18.0 Å². The summed E-state index contributed by atoms with van der Waals surface area (Å²) in [5, 5.41) is 3.20. The summed E-state index contributed by atoms with van der Waals surface area (Å²) in [4.78, 5) is 13.7. The second-order valence-electron chi connectivity index (χ2n) is 4.74. The van der Waals surface area contributed by atoms with E-state index < -0.39 is 23.4 Å². The minimum atomic E-state index is -1.56. The molecule has 1 aromatic rings. The molecule has 0 aliphatic carbocycles. The fourth-order valence-corrected chi connectivity index (χ4v) is 2.19. The summed E-state index contributed by atoms with van der Waals surface area (Å²) in [6.07, 6.45) is 0. The Morgan fingerprint density at radius 1 is 1.26 bits per heavy atom. The van der Waals surface area contributed by atoms with Crippen LogP contribution < -0.4 is 5.32 Å². The lowest BCUT2D eigenvalue weighted by molar-refractivity contribution is 0.0601. The number of hydrogen-bond acceptors (Lipinski definition) is 2. The minimum Gasteiger partial charge on any atom is -0.333 e. The molecular formula is C13H15F3N2O. The molecular weight excluding hydrogens is 257 g/mol. The molecule has 1 aliphatic rings. The number of benzene rings is 1. The number of piperazine rings is 1. The molecule has 2 unspecified atom stereocenters. The highest BCUT2D eigenvalue weighted by Crippen LogP contribution is 2.18. The Balaban J connectivity index is 2.29. The lowest BCUT2D eigenvalue weighted by Gasteiger charge is -2.38. The molecule has 2 atom stereocenters. The maximum Gasteiger partial charge on any atom is 0.254 e. The Bertz CT molecular complexity index is 484. The van der Waals surface area contributed by atoms with E-state index in [-0.39, 0.29) is 17.6 Å². The molecule has 0 radical (unpaired) electrons. The van der Waals surface area contributed by atoms with Gasteiger partial charge in [-0.05, 0) is 26.0 Å². The predicted octanol–water partition coefficient (Wildman–Crippen LogP) is 1.93. The summed E-state index contributed by atoms with van der Waals surface area (Å²) in [6.45, 7) is 4.84. The van der Waals surface area contributed by atoms with Crippen molar-refractivity contribution in [2.75, 3.05) is 13.1 Å². The first-order valence-electron chi connectivity index (χ1n) is 6.10. The molecule has 1 aromatic carbocycles. The Morgan fingerprint density at radius 2 is 1.84 bits per heavy atom. The third-order valence-electron chi connectivity index (χ3n) is 3.53. The van der Waals surface area contributed by atoms with Crippen LogP contribution in [0.1, 0.15) is 24.2 Å². The molecule has 19 heavy (non-hydrogen) atoms. The summed E-state index contributed by atoms with van der Waals surface area (Å²) in [6, 6.07) is 1.46. The van der Waals surface area contributed by atoms with E-state index in [4.69, 9.17) is 0 Å². The average molecular weight is 272 g/mol. The zero-order valence-corrected chi connectivity index (χ0v) is 10.7. The maximum absolute atomic E-state index is 13.1. The van der Waals surface area contributed by atoms with E-state index >= 15 is 0 Å². The number of nitrogens with one attached hydrogen (secondary N) is 1. The molecule has 3 nitrogen and oxygen atoms in total. The van der Waals surface area contributed by atoms with Gasteiger partial charge in [0.1, 0.15) is 0 Å². The zero-order valence-electron chi connectivity index (χ0n) is 10.7. The van der Waals surface area contributed by atoms with Gasteiger partial charge in [0.05, 0.1) is 0 Å². The first-order chi connectivity index (χ1) is 8.91. The molecule has 104 valence electrons. The second kappa shape index (κ2) is 5.21. The van der Waals surface area contributed by atoms with Crippen LogP contribution in [0, 0.1) is 17.5 Å². The molecule has 1 amide bonds. The van der Waals surface area contributed by atoms with Crippen LogP contribution >= 0.6 is 0 Å². The van der Waals surface area contributed by atoms with Crippen LogP contribution in [-0.2, 0) is 0 Å². The van der Waals surface area contributed by atoms with Crippen molar-refractivity contribution in [3.05, 3.63) is 35.1 Å². The lowest BCUT2D eigenvalue weighted by Crippen LogP contribution is -2.57. The predicted molar refractivity (Wildman–Crippen MR) is 64.3 cm³/mol. The molecule has 0 aromatic heterocycles. The van der Waals surface area contributed by atoms with Gasteiger partial charge in [-0.1, -0.05) is 0 Å².